The first-order valence-electron chi connectivity index (χ1n) is 8.49. The number of nitrogens with zero attached hydrogens (tertiary/aromatic N) is 1. The Labute approximate surface area is 142 Å². The Morgan fingerprint density at radius 1 is 1.42 bits per heavy atom. The molecule has 132 valence electrons. The number of nitrogens with one attached hydrogen (secondary N) is 1. The van der Waals surface area contributed by atoms with Crippen molar-refractivity contribution >= 4 is 6.03 Å². The summed E-state index contributed by atoms with van der Waals surface area (Å²) in [6.45, 7) is 7.58. The zero-order valence-corrected chi connectivity index (χ0v) is 14.5. The molecular formula is C18H25FN2O3. The van der Waals surface area contributed by atoms with Crippen LogP contribution in [-0.4, -0.2) is 42.3 Å². The molecule has 0 saturated carbocycles. The van der Waals surface area contributed by atoms with Gasteiger partial charge in [0, 0.05) is 12.1 Å². The molecular weight excluding hydrogens is 311 g/mol. The van der Waals surface area contributed by atoms with Gasteiger partial charge in [0.25, 0.3) is 0 Å². The standard InChI is InChI=1S/C18H25FN2O3/c1-12-10-21(11-18(2,3)24-12)17(22)20-15-5-4-8-23-16-7-6-13(19)9-14(15)16/h6-7,9,12,15H,4-5,8,10-11H2,1-3H3,(H,20,22). The van der Waals surface area contributed by atoms with Gasteiger partial charge in [0.2, 0.25) is 0 Å². The fourth-order valence-corrected chi connectivity index (χ4v) is 3.55. The molecule has 5 nitrogen and oxygen atoms in total. The van der Waals surface area contributed by atoms with E-state index in [1.165, 1.54) is 12.1 Å². The largest absolute Gasteiger partial charge is 0.493 e. The topological polar surface area (TPSA) is 50.8 Å². The van der Waals surface area contributed by atoms with E-state index in [1.807, 2.05) is 20.8 Å². The molecule has 2 aliphatic heterocycles. The normalized spacial score (nSPS) is 26.1. The van der Waals surface area contributed by atoms with E-state index in [4.69, 9.17) is 9.47 Å². The van der Waals surface area contributed by atoms with Gasteiger partial charge >= 0.3 is 6.03 Å². The van der Waals surface area contributed by atoms with Gasteiger partial charge in [-0.05, 0) is 51.8 Å². The Bertz CT molecular complexity index is 620. The highest BCUT2D eigenvalue weighted by atomic mass is 19.1. The number of carbonyl (C=O) groups excluding carboxylic acids is 1. The lowest BCUT2D eigenvalue weighted by molar-refractivity contribution is -0.117. The Kier molecular flexibility index (Phi) is 4.67. The van der Waals surface area contributed by atoms with Crippen molar-refractivity contribution in [2.75, 3.05) is 19.7 Å². The van der Waals surface area contributed by atoms with E-state index in [1.54, 1.807) is 11.0 Å². The van der Waals surface area contributed by atoms with Crippen LogP contribution in [-0.2, 0) is 4.74 Å². The van der Waals surface area contributed by atoms with E-state index >= 15 is 0 Å². The number of hydrogen-bond donors (Lipinski definition) is 1. The predicted molar refractivity (Wildman–Crippen MR) is 88.6 cm³/mol. The summed E-state index contributed by atoms with van der Waals surface area (Å²) in [5, 5.41) is 3.06. The van der Waals surface area contributed by atoms with Gasteiger partial charge in [-0.3, -0.25) is 0 Å². The van der Waals surface area contributed by atoms with Gasteiger partial charge in [-0.2, -0.15) is 0 Å². The summed E-state index contributed by atoms with van der Waals surface area (Å²) in [6.07, 6.45) is 1.53. The van der Waals surface area contributed by atoms with Crippen molar-refractivity contribution < 1.29 is 18.7 Å². The van der Waals surface area contributed by atoms with Crippen molar-refractivity contribution in [2.24, 2.45) is 0 Å². The first-order chi connectivity index (χ1) is 11.3. The first-order valence-corrected chi connectivity index (χ1v) is 8.49. The number of rotatable bonds is 1. The average Bonchev–Trinajstić information content (AvgIpc) is 2.67. The molecule has 0 aliphatic carbocycles. The lowest BCUT2D eigenvalue weighted by atomic mass is 10.0. The monoisotopic (exact) mass is 336 g/mol. The van der Waals surface area contributed by atoms with E-state index in [0.717, 1.165) is 12.8 Å². The molecule has 24 heavy (non-hydrogen) atoms. The molecule has 2 amide bonds. The SMILES string of the molecule is CC1CN(C(=O)NC2CCCOc3ccc(F)cc32)CC(C)(C)O1. The highest BCUT2D eigenvalue weighted by Crippen LogP contribution is 2.32. The van der Waals surface area contributed by atoms with Crippen molar-refractivity contribution in [3.8, 4) is 5.75 Å². The van der Waals surface area contributed by atoms with Crippen molar-refractivity contribution in [1.82, 2.24) is 10.2 Å². The van der Waals surface area contributed by atoms with Crippen LogP contribution in [0.15, 0.2) is 18.2 Å². The Morgan fingerprint density at radius 2 is 2.21 bits per heavy atom. The molecule has 6 heteroatoms. The lowest BCUT2D eigenvalue weighted by Gasteiger charge is -2.42. The predicted octanol–water partition coefficient (Wildman–Crippen LogP) is 3.25. The van der Waals surface area contributed by atoms with Gasteiger partial charge in [-0.25, -0.2) is 9.18 Å². The minimum Gasteiger partial charge on any atom is -0.493 e. The smallest absolute Gasteiger partial charge is 0.318 e. The molecule has 0 aromatic heterocycles. The van der Waals surface area contributed by atoms with E-state index in [9.17, 15) is 9.18 Å². The number of hydrogen-bond acceptors (Lipinski definition) is 3. The second-order valence-corrected chi connectivity index (χ2v) is 7.24. The number of amides is 2. The number of halogens is 1. The molecule has 0 spiro atoms. The third-order valence-electron chi connectivity index (χ3n) is 4.40. The zero-order valence-electron chi connectivity index (χ0n) is 14.5. The van der Waals surface area contributed by atoms with Crippen LogP contribution in [0.25, 0.3) is 0 Å². The molecule has 0 radical (unpaired) electrons. The summed E-state index contributed by atoms with van der Waals surface area (Å²) >= 11 is 0. The van der Waals surface area contributed by atoms with Crippen LogP contribution in [0.3, 0.4) is 0 Å². The number of benzene rings is 1. The molecule has 1 aromatic carbocycles. The fourth-order valence-electron chi connectivity index (χ4n) is 3.55. The molecule has 1 fully saturated rings. The van der Waals surface area contributed by atoms with Crippen molar-refractivity contribution in [1.29, 1.82) is 0 Å². The third kappa shape index (κ3) is 3.80. The van der Waals surface area contributed by atoms with Gasteiger partial charge in [0.1, 0.15) is 11.6 Å². The van der Waals surface area contributed by atoms with Crippen LogP contribution in [0.1, 0.15) is 45.2 Å². The maximum atomic E-state index is 13.7. The highest BCUT2D eigenvalue weighted by Gasteiger charge is 2.34. The first kappa shape index (κ1) is 17.0. The van der Waals surface area contributed by atoms with Crippen LogP contribution in [0.2, 0.25) is 0 Å². The summed E-state index contributed by atoms with van der Waals surface area (Å²) in [7, 11) is 0. The van der Waals surface area contributed by atoms with Crippen LogP contribution in [0, 0.1) is 5.82 Å². The van der Waals surface area contributed by atoms with Gasteiger partial charge in [-0.15, -0.1) is 0 Å². The molecule has 2 atom stereocenters. The minimum absolute atomic E-state index is 0.0123. The van der Waals surface area contributed by atoms with E-state index in [2.05, 4.69) is 5.32 Å². The van der Waals surface area contributed by atoms with Crippen molar-refractivity contribution in [3.05, 3.63) is 29.6 Å². The molecule has 1 N–H and O–H groups in total. The zero-order chi connectivity index (χ0) is 17.3. The number of urea groups is 1. The number of carbonyl (C=O) groups is 1. The van der Waals surface area contributed by atoms with Crippen molar-refractivity contribution in [3.63, 3.8) is 0 Å². The Hall–Kier alpha value is -1.82. The Morgan fingerprint density at radius 3 is 2.96 bits per heavy atom. The van der Waals surface area contributed by atoms with E-state index < -0.39 is 0 Å². The molecule has 2 heterocycles. The number of fused-ring (bicyclic) bond motifs is 1. The number of ether oxygens (including phenoxy) is 2. The van der Waals surface area contributed by atoms with Gasteiger partial charge in [0.15, 0.2) is 0 Å². The number of morpholine rings is 1. The van der Waals surface area contributed by atoms with Gasteiger partial charge < -0.3 is 19.7 Å². The summed E-state index contributed by atoms with van der Waals surface area (Å²) in [5.74, 6) is 0.328. The maximum absolute atomic E-state index is 13.7. The molecule has 2 aliphatic rings. The van der Waals surface area contributed by atoms with Crippen LogP contribution >= 0.6 is 0 Å². The van der Waals surface area contributed by atoms with Crippen molar-refractivity contribution in [2.45, 2.75) is 51.4 Å². The molecule has 2 unspecified atom stereocenters. The Balaban J connectivity index is 1.76. The maximum Gasteiger partial charge on any atom is 0.318 e. The summed E-state index contributed by atoms with van der Waals surface area (Å²) in [6, 6.07) is 4.09. The third-order valence-corrected chi connectivity index (χ3v) is 4.40. The van der Waals surface area contributed by atoms with Crippen LogP contribution in [0.5, 0.6) is 5.75 Å². The lowest BCUT2D eigenvalue weighted by Crippen LogP contribution is -2.56. The minimum atomic E-state index is -0.369. The average molecular weight is 336 g/mol. The summed E-state index contributed by atoms with van der Waals surface area (Å²) < 4.78 is 25.2. The van der Waals surface area contributed by atoms with Gasteiger partial charge in [0.05, 0.1) is 30.9 Å². The highest BCUT2D eigenvalue weighted by molar-refractivity contribution is 5.75. The fraction of sp³-hybridized carbons (Fsp3) is 0.611. The second kappa shape index (κ2) is 6.59. The summed E-state index contributed by atoms with van der Waals surface area (Å²) in [5.41, 5.74) is 0.340. The molecule has 1 saturated heterocycles. The van der Waals surface area contributed by atoms with Crippen LogP contribution < -0.4 is 10.1 Å². The van der Waals surface area contributed by atoms with Gasteiger partial charge in [-0.1, -0.05) is 0 Å². The second-order valence-electron chi connectivity index (χ2n) is 7.24. The van der Waals surface area contributed by atoms with E-state index in [0.29, 0.717) is 31.0 Å². The van der Waals surface area contributed by atoms with Crippen LogP contribution in [0.4, 0.5) is 9.18 Å². The molecule has 3 rings (SSSR count). The quantitative estimate of drug-likeness (QED) is 0.856. The van der Waals surface area contributed by atoms with E-state index in [-0.39, 0.29) is 29.6 Å². The molecule has 1 aromatic rings. The molecule has 0 bridgehead atoms. The summed E-state index contributed by atoms with van der Waals surface area (Å²) in [4.78, 5) is 14.5.